The number of benzene rings is 3. The number of rotatable bonds is 5. The van der Waals surface area contributed by atoms with Crippen LogP contribution in [0.25, 0.3) is 6.08 Å². The molecule has 8 heteroatoms. The number of carbonyl (C=O) groups excluding carboxylic acids is 3. The minimum absolute atomic E-state index is 0.163. The van der Waals surface area contributed by atoms with Crippen LogP contribution in [-0.4, -0.2) is 17.8 Å². The van der Waals surface area contributed by atoms with E-state index in [4.69, 9.17) is 4.74 Å². The maximum absolute atomic E-state index is 13.3. The van der Waals surface area contributed by atoms with E-state index >= 15 is 0 Å². The highest BCUT2D eigenvalue weighted by Crippen LogP contribution is 2.26. The van der Waals surface area contributed by atoms with Gasteiger partial charge in [0.15, 0.2) is 0 Å². The Morgan fingerprint density at radius 3 is 2.48 bits per heavy atom. The highest BCUT2D eigenvalue weighted by molar-refractivity contribution is 9.10. The topological polar surface area (TPSA) is 75.7 Å². The molecule has 0 spiro atoms. The molecule has 1 saturated heterocycles. The van der Waals surface area contributed by atoms with E-state index in [1.165, 1.54) is 18.2 Å². The molecule has 3 aromatic rings. The molecule has 0 bridgehead atoms. The minimum atomic E-state index is -0.801. The molecule has 1 aliphatic heterocycles. The Morgan fingerprint density at radius 1 is 1.03 bits per heavy atom. The summed E-state index contributed by atoms with van der Waals surface area (Å²) in [6.45, 7) is 2.03. The lowest BCUT2D eigenvalue weighted by Gasteiger charge is -2.26. The van der Waals surface area contributed by atoms with Gasteiger partial charge in [-0.1, -0.05) is 40.2 Å². The summed E-state index contributed by atoms with van der Waals surface area (Å²) in [7, 11) is 0. The summed E-state index contributed by atoms with van der Waals surface area (Å²) in [4.78, 5) is 38.7. The number of ether oxygens (including phenoxy) is 1. The van der Waals surface area contributed by atoms with Crippen molar-refractivity contribution in [1.29, 1.82) is 0 Å². The second-order valence-electron chi connectivity index (χ2n) is 7.38. The van der Waals surface area contributed by atoms with Gasteiger partial charge in [0, 0.05) is 4.47 Å². The molecule has 1 N–H and O–H groups in total. The van der Waals surface area contributed by atoms with Crippen LogP contribution in [0.2, 0.25) is 0 Å². The van der Waals surface area contributed by atoms with Crippen molar-refractivity contribution in [3.05, 3.63) is 99.3 Å². The van der Waals surface area contributed by atoms with E-state index in [0.717, 1.165) is 14.9 Å². The fourth-order valence-electron chi connectivity index (χ4n) is 3.28. The summed E-state index contributed by atoms with van der Waals surface area (Å²) in [6.07, 6.45) is 1.42. The number of barbiturate groups is 1. The molecule has 3 aromatic carbocycles. The Bertz CT molecular complexity index is 1290. The van der Waals surface area contributed by atoms with Crippen LogP contribution in [0.15, 0.2) is 76.8 Å². The SMILES string of the molecule is Cc1cc(N2C(=O)NC(=O)/C(=C\c3ccc(OCc4cccc(F)c4)cc3)C2=O)ccc1Br. The number of nitrogens with zero attached hydrogens (tertiary/aromatic N) is 1. The molecule has 33 heavy (non-hydrogen) atoms. The first kappa shape index (κ1) is 22.4. The summed E-state index contributed by atoms with van der Waals surface area (Å²) < 4.78 is 19.8. The molecular weight excluding hydrogens is 491 g/mol. The standard InChI is InChI=1S/C25H18BrFN2O4/c1-15-11-19(7-10-22(15)26)29-24(31)21(23(30)28-25(29)32)13-16-5-8-20(9-6-16)33-14-17-3-2-4-18(27)12-17/h2-13H,14H2,1H3,(H,28,30,32)/b21-13+. The lowest BCUT2D eigenvalue weighted by atomic mass is 10.1. The Labute approximate surface area is 197 Å². The predicted molar refractivity (Wildman–Crippen MR) is 125 cm³/mol. The highest BCUT2D eigenvalue weighted by Gasteiger charge is 2.36. The smallest absolute Gasteiger partial charge is 0.335 e. The molecule has 6 nitrogen and oxygen atoms in total. The molecule has 1 heterocycles. The summed E-state index contributed by atoms with van der Waals surface area (Å²) in [5.41, 5.74) is 2.30. The van der Waals surface area contributed by atoms with Crippen LogP contribution in [0.4, 0.5) is 14.9 Å². The zero-order valence-electron chi connectivity index (χ0n) is 17.5. The molecule has 0 aliphatic carbocycles. The number of anilines is 1. The lowest BCUT2D eigenvalue weighted by Crippen LogP contribution is -2.54. The third kappa shape index (κ3) is 5.01. The normalized spacial score (nSPS) is 15.1. The van der Waals surface area contributed by atoms with Crippen molar-refractivity contribution in [2.75, 3.05) is 4.90 Å². The molecule has 0 radical (unpaired) electrons. The largest absolute Gasteiger partial charge is 0.489 e. The molecule has 166 valence electrons. The zero-order chi connectivity index (χ0) is 23.5. The number of halogens is 2. The van der Waals surface area contributed by atoms with Gasteiger partial charge in [0.05, 0.1) is 5.69 Å². The van der Waals surface area contributed by atoms with Crippen LogP contribution in [0.5, 0.6) is 5.75 Å². The number of aryl methyl sites for hydroxylation is 1. The van der Waals surface area contributed by atoms with Crippen molar-refractivity contribution in [3.8, 4) is 5.75 Å². The van der Waals surface area contributed by atoms with Crippen LogP contribution in [-0.2, 0) is 16.2 Å². The highest BCUT2D eigenvalue weighted by atomic mass is 79.9. The quantitative estimate of drug-likeness (QED) is 0.382. The summed E-state index contributed by atoms with van der Waals surface area (Å²) in [5.74, 6) is -1.26. The molecule has 0 saturated carbocycles. The van der Waals surface area contributed by atoms with E-state index in [1.807, 2.05) is 6.92 Å². The molecule has 4 amide bonds. The Balaban J connectivity index is 1.53. The van der Waals surface area contributed by atoms with Gasteiger partial charge < -0.3 is 4.74 Å². The number of carbonyl (C=O) groups is 3. The molecule has 0 unspecified atom stereocenters. The fourth-order valence-corrected chi connectivity index (χ4v) is 3.53. The molecule has 0 atom stereocenters. The van der Waals surface area contributed by atoms with Gasteiger partial charge in [-0.3, -0.25) is 14.9 Å². The first-order chi connectivity index (χ1) is 15.8. The van der Waals surface area contributed by atoms with E-state index in [9.17, 15) is 18.8 Å². The van der Waals surface area contributed by atoms with Crippen LogP contribution >= 0.6 is 15.9 Å². The van der Waals surface area contributed by atoms with Gasteiger partial charge in [-0.15, -0.1) is 0 Å². The van der Waals surface area contributed by atoms with Gasteiger partial charge in [0.25, 0.3) is 11.8 Å². The maximum atomic E-state index is 13.3. The summed E-state index contributed by atoms with van der Waals surface area (Å²) in [5, 5.41) is 2.21. The Kier molecular flexibility index (Phi) is 6.37. The average molecular weight is 509 g/mol. The molecule has 4 rings (SSSR count). The molecular formula is C25H18BrFN2O4. The van der Waals surface area contributed by atoms with Gasteiger partial charge in [-0.25, -0.2) is 14.1 Å². The first-order valence-corrected chi connectivity index (χ1v) is 10.8. The first-order valence-electron chi connectivity index (χ1n) is 9.97. The van der Waals surface area contributed by atoms with E-state index < -0.39 is 17.8 Å². The maximum Gasteiger partial charge on any atom is 0.335 e. The van der Waals surface area contributed by atoms with Gasteiger partial charge in [0.2, 0.25) is 0 Å². The van der Waals surface area contributed by atoms with Crippen molar-refractivity contribution in [2.24, 2.45) is 0 Å². The van der Waals surface area contributed by atoms with Crippen molar-refractivity contribution in [2.45, 2.75) is 13.5 Å². The van der Waals surface area contributed by atoms with Crippen LogP contribution in [0.1, 0.15) is 16.7 Å². The van der Waals surface area contributed by atoms with Gasteiger partial charge >= 0.3 is 6.03 Å². The number of nitrogens with one attached hydrogen (secondary N) is 1. The van der Waals surface area contributed by atoms with E-state index in [1.54, 1.807) is 54.6 Å². The van der Waals surface area contributed by atoms with Gasteiger partial charge in [-0.05, 0) is 72.2 Å². The van der Waals surface area contributed by atoms with Crippen molar-refractivity contribution < 1.29 is 23.5 Å². The van der Waals surface area contributed by atoms with E-state index in [0.29, 0.717) is 22.6 Å². The van der Waals surface area contributed by atoms with Crippen LogP contribution < -0.4 is 15.0 Å². The molecule has 1 fully saturated rings. The fraction of sp³-hybridized carbons (Fsp3) is 0.0800. The summed E-state index contributed by atoms with van der Waals surface area (Å²) in [6, 6.07) is 17.1. The monoisotopic (exact) mass is 508 g/mol. The predicted octanol–water partition coefficient (Wildman–Crippen LogP) is 5.14. The minimum Gasteiger partial charge on any atom is -0.489 e. The number of hydrogen-bond acceptors (Lipinski definition) is 4. The third-order valence-electron chi connectivity index (χ3n) is 4.99. The van der Waals surface area contributed by atoms with Crippen molar-refractivity contribution >= 4 is 45.5 Å². The number of hydrogen-bond donors (Lipinski definition) is 1. The van der Waals surface area contributed by atoms with Crippen LogP contribution in [0.3, 0.4) is 0 Å². The van der Waals surface area contributed by atoms with Crippen molar-refractivity contribution in [1.82, 2.24) is 5.32 Å². The Hall–Kier alpha value is -3.78. The number of urea groups is 1. The average Bonchev–Trinajstić information content (AvgIpc) is 2.78. The lowest BCUT2D eigenvalue weighted by molar-refractivity contribution is -0.122. The Morgan fingerprint density at radius 2 is 1.79 bits per heavy atom. The van der Waals surface area contributed by atoms with E-state index in [-0.39, 0.29) is 18.0 Å². The zero-order valence-corrected chi connectivity index (χ0v) is 19.1. The second-order valence-corrected chi connectivity index (χ2v) is 8.23. The van der Waals surface area contributed by atoms with Crippen LogP contribution in [0, 0.1) is 12.7 Å². The number of amides is 4. The van der Waals surface area contributed by atoms with Gasteiger partial charge in [0.1, 0.15) is 23.7 Å². The molecule has 1 aliphatic rings. The second kappa shape index (κ2) is 9.38. The van der Waals surface area contributed by atoms with E-state index in [2.05, 4.69) is 21.2 Å². The van der Waals surface area contributed by atoms with Crippen molar-refractivity contribution in [3.63, 3.8) is 0 Å². The van der Waals surface area contributed by atoms with Gasteiger partial charge in [-0.2, -0.15) is 0 Å². The summed E-state index contributed by atoms with van der Waals surface area (Å²) >= 11 is 3.39. The third-order valence-corrected chi connectivity index (χ3v) is 5.88. The molecule has 0 aromatic heterocycles. The number of imide groups is 2.